The Hall–Kier alpha value is -4.29. The maximum absolute atomic E-state index is 13.3. The van der Waals surface area contributed by atoms with E-state index in [1.807, 2.05) is 0 Å². The summed E-state index contributed by atoms with van der Waals surface area (Å²) in [6, 6.07) is 12.2. The van der Waals surface area contributed by atoms with E-state index >= 15 is 0 Å². The minimum Gasteiger partial charge on any atom is -0.480 e. The fourth-order valence-corrected chi connectivity index (χ4v) is 3.74. The van der Waals surface area contributed by atoms with E-state index in [-0.39, 0.29) is 25.7 Å². The highest BCUT2D eigenvalue weighted by molar-refractivity contribution is 5.94. The molecule has 0 bridgehead atoms. The van der Waals surface area contributed by atoms with Gasteiger partial charge in [-0.1, -0.05) is 60.7 Å². The number of primary amides is 1. The van der Waals surface area contributed by atoms with E-state index in [2.05, 4.69) is 16.0 Å². The first-order valence-corrected chi connectivity index (χ1v) is 12.4. The van der Waals surface area contributed by atoms with Gasteiger partial charge in [-0.3, -0.25) is 19.2 Å². The highest BCUT2D eigenvalue weighted by Gasteiger charge is 2.33. The maximum Gasteiger partial charge on any atom is 0.326 e. The predicted octanol–water partition coefficient (Wildman–Crippen LogP) is -1.02. The van der Waals surface area contributed by atoms with E-state index in [0.29, 0.717) is 11.1 Å². The second kappa shape index (κ2) is 15.2. The van der Waals surface area contributed by atoms with Gasteiger partial charge >= 0.3 is 5.97 Å². The molecule has 2 rings (SSSR count). The molecular weight excluding hydrogens is 506 g/mol. The molecule has 9 N–H and O–H groups in total. The maximum atomic E-state index is 13.3. The summed E-state index contributed by atoms with van der Waals surface area (Å²) in [4.78, 5) is 61.7. The van der Waals surface area contributed by atoms with Crippen LogP contribution in [-0.4, -0.2) is 70.1 Å². The number of carbonyl (C=O) groups excluding carboxylic acids is 4. The van der Waals surface area contributed by atoms with Crippen LogP contribution < -0.4 is 27.4 Å². The average Bonchev–Trinajstić information content (AvgIpc) is 2.90. The van der Waals surface area contributed by atoms with Crippen LogP contribution in [0.4, 0.5) is 0 Å². The lowest BCUT2D eigenvalue weighted by Gasteiger charge is -2.26. The Morgan fingerprint density at radius 3 is 1.72 bits per heavy atom. The Morgan fingerprint density at radius 1 is 0.769 bits per heavy atom. The van der Waals surface area contributed by atoms with E-state index in [1.54, 1.807) is 60.7 Å². The quantitative estimate of drug-likeness (QED) is 0.148. The molecule has 0 aliphatic rings. The van der Waals surface area contributed by atoms with Gasteiger partial charge in [-0.2, -0.15) is 0 Å². The number of carboxylic acid groups (broad SMARTS) is 1. The van der Waals surface area contributed by atoms with Crippen LogP contribution in [0.5, 0.6) is 0 Å². The van der Waals surface area contributed by atoms with Gasteiger partial charge in [0.1, 0.15) is 18.1 Å². The van der Waals surface area contributed by atoms with Gasteiger partial charge in [-0.25, -0.2) is 4.79 Å². The summed E-state index contributed by atoms with van der Waals surface area (Å²) in [6.45, 7) is 1.27. The number of benzene rings is 2. The molecule has 0 aliphatic carbocycles. The van der Waals surface area contributed by atoms with Crippen LogP contribution in [0.15, 0.2) is 60.7 Å². The van der Waals surface area contributed by atoms with Crippen molar-refractivity contribution in [2.45, 2.75) is 62.9 Å². The summed E-state index contributed by atoms with van der Waals surface area (Å²) in [5.41, 5.74) is 12.3. The van der Waals surface area contributed by atoms with Crippen molar-refractivity contribution in [1.82, 2.24) is 16.0 Å². The molecule has 2 aromatic carbocycles. The normalized spacial score (nSPS) is 14.6. The highest BCUT2D eigenvalue weighted by Crippen LogP contribution is 2.08. The topological polar surface area (TPSA) is 214 Å². The van der Waals surface area contributed by atoms with Gasteiger partial charge in [0.05, 0.1) is 12.1 Å². The Kier molecular flexibility index (Phi) is 12.1. The first-order valence-electron chi connectivity index (χ1n) is 12.4. The Balaban J connectivity index is 2.17. The Morgan fingerprint density at radius 2 is 1.26 bits per heavy atom. The number of nitrogens with one attached hydrogen (secondary N) is 3. The van der Waals surface area contributed by atoms with Crippen molar-refractivity contribution in [2.75, 3.05) is 0 Å². The summed E-state index contributed by atoms with van der Waals surface area (Å²) in [6.07, 6.45) is -1.54. The van der Waals surface area contributed by atoms with E-state index in [9.17, 15) is 34.2 Å². The van der Waals surface area contributed by atoms with Crippen molar-refractivity contribution in [3.05, 3.63) is 71.8 Å². The zero-order valence-corrected chi connectivity index (χ0v) is 21.6. The molecular formula is C27H35N5O7. The highest BCUT2D eigenvalue weighted by atomic mass is 16.4. The lowest BCUT2D eigenvalue weighted by Crippen LogP contribution is -2.60. The molecule has 39 heavy (non-hydrogen) atoms. The number of amides is 4. The monoisotopic (exact) mass is 541 g/mol. The molecule has 0 aromatic heterocycles. The number of aliphatic carboxylic acids is 1. The van der Waals surface area contributed by atoms with Crippen molar-refractivity contribution in [1.29, 1.82) is 0 Å². The van der Waals surface area contributed by atoms with Crippen LogP contribution in [0, 0.1) is 0 Å². The molecule has 0 heterocycles. The molecule has 0 fully saturated rings. The van der Waals surface area contributed by atoms with E-state index < -0.39 is 59.9 Å². The second-order valence-electron chi connectivity index (χ2n) is 9.18. The smallest absolute Gasteiger partial charge is 0.326 e. The molecule has 0 saturated carbocycles. The van der Waals surface area contributed by atoms with E-state index in [0.717, 1.165) is 0 Å². The van der Waals surface area contributed by atoms with Crippen LogP contribution in [0.25, 0.3) is 0 Å². The van der Waals surface area contributed by atoms with E-state index in [1.165, 1.54) is 6.92 Å². The van der Waals surface area contributed by atoms with Crippen molar-refractivity contribution in [3.63, 3.8) is 0 Å². The Labute approximate surface area is 226 Å². The molecule has 0 spiro atoms. The van der Waals surface area contributed by atoms with Gasteiger partial charge < -0.3 is 37.6 Å². The molecule has 5 unspecified atom stereocenters. The van der Waals surface area contributed by atoms with Crippen molar-refractivity contribution < 1.29 is 34.2 Å². The first-order chi connectivity index (χ1) is 18.5. The molecule has 210 valence electrons. The largest absolute Gasteiger partial charge is 0.480 e. The number of carboxylic acids is 1. The zero-order valence-electron chi connectivity index (χ0n) is 21.6. The van der Waals surface area contributed by atoms with Gasteiger partial charge in [0.2, 0.25) is 23.6 Å². The summed E-state index contributed by atoms with van der Waals surface area (Å²) >= 11 is 0. The van der Waals surface area contributed by atoms with E-state index in [4.69, 9.17) is 11.5 Å². The third kappa shape index (κ3) is 10.5. The number of nitrogens with two attached hydrogens (primary N) is 2. The van der Waals surface area contributed by atoms with Gasteiger partial charge in [-0.05, 0) is 24.5 Å². The van der Waals surface area contributed by atoms with Gasteiger partial charge in [0.15, 0.2) is 0 Å². The van der Waals surface area contributed by atoms with Crippen molar-refractivity contribution in [2.24, 2.45) is 11.5 Å². The molecule has 0 radical (unpaired) electrons. The van der Waals surface area contributed by atoms with Crippen LogP contribution in [0.2, 0.25) is 0 Å². The predicted molar refractivity (Wildman–Crippen MR) is 142 cm³/mol. The molecule has 5 atom stereocenters. The fourth-order valence-electron chi connectivity index (χ4n) is 3.74. The van der Waals surface area contributed by atoms with Crippen LogP contribution >= 0.6 is 0 Å². The number of hydrogen-bond acceptors (Lipinski definition) is 7. The number of hydrogen-bond donors (Lipinski definition) is 7. The lowest BCUT2D eigenvalue weighted by atomic mass is 10.0. The number of aliphatic hydroxyl groups excluding tert-OH is 1. The third-order valence-corrected chi connectivity index (χ3v) is 5.91. The number of carbonyl (C=O) groups is 5. The SMILES string of the molecule is CC(O)C(NC(=O)C(Cc1ccccc1)NC(=O)C(N)CCC(N)=O)C(=O)NC(Cc1ccccc1)C(=O)O. The van der Waals surface area contributed by atoms with Crippen molar-refractivity contribution >= 4 is 29.6 Å². The number of aliphatic hydroxyl groups is 1. The molecule has 4 amide bonds. The third-order valence-electron chi connectivity index (χ3n) is 5.91. The summed E-state index contributed by atoms with van der Waals surface area (Å²) in [5.74, 6) is -4.34. The molecule has 0 saturated heterocycles. The fraction of sp³-hybridized carbons (Fsp3) is 0.370. The van der Waals surface area contributed by atoms with Crippen LogP contribution in [0.1, 0.15) is 30.9 Å². The second-order valence-corrected chi connectivity index (χ2v) is 9.18. The minimum absolute atomic E-state index is 0.0156. The van der Waals surface area contributed by atoms with Gasteiger partial charge in [0.25, 0.3) is 0 Å². The first kappa shape index (κ1) is 30.9. The van der Waals surface area contributed by atoms with Gasteiger partial charge in [0, 0.05) is 19.3 Å². The summed E-state index contributed by atoms with van der Waals surface area (Å²) in [7, 11) is 0. The Bertz CT molecular complexity index is 1130. The summed E-state index contributed by atoms with van der Waals surface area (Å²) in [5, 5.41) is 27.2. The molecule has 12 nitrogen and oxygen atoms in total. The van der Waals surface area contributed by atoms with Crippen molar-refractivity contribution in [3.8, 4) is 0 Å². The minimum atomic E-state index is -1.52. The average molecular weight is 542 g/mol. The van der Waals surface area contributed by atoms with Crippen LogP contribution in [0.3, 0.4) is 0 Å². The molecule has 0 aliphatic heterocycles. The molecule has 12 heteroatoms. The lowest BCUT2D eigenvalue weighted by molar-refractivity contribution is -0.143. The van der Waals surface area contributed by atoms with Crippen LogP contribution in [-0.2, 0) is 36.8 Å². The zero-order chi connectivity index (χ0) is 28.9. The standard InChI is InChI=1S/C27H35N5O7/c1-16(33)23(26(37)31-21(27(38)39)15-18-10-6-3-7-11-18)32-25(36)20(14-17-8-4-2-5-9-17)30-24(35)19(28)12-13-22(29)34/h2-11,16,19-21,23,33H,12-15,28H2,1H3,(H2,29,34)(H,30,35)(H,31,37)(H,32,36)(H,38,39). The summed E-state index contributed by atoms with van der Waals surface area (Å²) < 4.78 is 0. The molecule has 2 aromatic rings. The number of rotatable bonds is 15. The van der Waals surface area contributed by atoms with Gasteiger partial charge in [-0.15, -0.1) is 0 Å².